The normalized spacial score (nSPS) is 14.9. The fourth-order valence-electron chi connectivity index (χ4n) is 5.39. The summed E-state index contributed by atoms with van der Waals surface area (Å²) in [6.45, 7) is 4.46. The average molecular weight is 782 g/mol. The zero-order valence-electron chi connectivity index (χ0n) is 35.0. The molecule has 0 fully saturated rings. The number of aliphatic hydroxyl groups excluding tert-OH is 1. The molecule has 0 saturated carbocycles. The first-order valence-corrected chi connectivity index (χ1v) is 22.6. The van der Waals surface area contributed by atoms with E-state index in [9.17, 15) is 19.4 Å². The molecule has 3 atom stereocenters. The number of allylic oxidation sites excluding steroid dienone is 8. The maximum atomic E-state index is 12.6. The van der Waals surface area contributed by atoms with E-state index in [1.165, 1.54) is 57.8 Å². The molecule has 0 amide bonds. The van der Waals surface area contributed by atoms with Crippen molar-refractivity contribution < 1.29 is 42.4 Å². The summed E-state index contributed by atoms with van der Waals surface area (Å²) in [5.41, 5.74) is 0. The van der Waals surface area contributed by atoms with Crippen molar-refractivity contribution in [3.05, 3.63) is 60.9 Å². The molecule has 9 nitrogen and oxygen atoms in total. The predicted molar refractivity (Wildman–Crippen MR) is 223 cm³/mol. The molecule has 54 heavy (non-hydrogen) atoms. The van der Waals surface area contributed by atoms with Crippen LogP contribution in [0.5, 0.6) is 0 Å². The third-order valence-electron chi connectivity index (χ3n) is 8.72. The smallest absolute Gasteiger partial charge is 0.306 e. The minimum atomic E-state index is -4.57. The van der Waals surface area contributed by atoms with Crippen molar-refractivity contribution in [2.75, 3.05) is 47.5 Å². The lowest BCUT2D eigenvalue weighted by Crippen LogP contribution is -2.37. The SMILES string of the molecule is CC/C=C/C/C=C/C=C/C(O)CCCCCCCC(=O)O[C@H](CO/C=C/CCCCCC/C=C\CCCCCCCC)COP(=O)([O-])OCC[N+](C)(C)C. The van der Waals surface area contributed by atoms with Gasteiger partial charge in [0.05, 0.1) is 40.1 Å². The molecule has 10 heteroatoms. The maximum Gasteiger partial charge on any atom is 0.306 e. The molecule has 1 N–H and O–H groups in total. The van der Waals surface area contributed by atoms with E-state index in [2.05, 4.69) is 44.2 Å². The number of esters is 1. The number of carbonyl (C=O) groups is 1. The highest BCUT2D eigenvalue weighted by atomic mass is 31.2. The molecule has 0 saturated heterocycles. The molecule has 0 bridgehead atoms. The van der Waals surface area contributed by atoms with Crippen LogP contribution in [0.2, 0.25) is 0 Å². The van der Waals surface area contributed by atoms with Gasteiger partial charge in [-0.15, -0.1) is 0 Å². The van der Waals surface area contributed by atoms with Crippen LogP contribution in [0, 0.1) is 0 Å². The number of quaternary nitrogens is 1. The topological polar surface area (TPSA) is 114 Å². The largest absolute Gasteiger partial charge is 0.756 e. The number of hydrogen-bond donors (Lipinski definition) is 1. The molecular formula is C44H80NO8P. The summed E-state index contributed by atoms with van der Waals surface area (Å²) >= 11 is 0. The molecular weight excluding hydrogens is 701 g/mol. The minimum absolute atomic E-state index is 0.00582. The second-order valence-electron chi connectivity index (χ2n) is 15.2. The highest BCUT2D eigenvalue weighted by Gasteiger charge is 2.20. The number of phosphoric acid groups is 1. The van der Waals surface area contributed by atoms with Crippen LogP contribution in [-0.2, 0) is 27.9 Å². The third-order valence-corrected chi connectivity index (χ3v) is 9.69. The number of unbranched alkanes of at least 4 members (excludes halogenated alkanes) is 15. The summed E-state index contributed by atoms with van der Waals surface area (Å²) in [4.78, 5) is 25.0. The Morgan fingerprint density at radius 2 is 1.33 bits per heavy atom. The Hall–Kier alpha value is -2.00. The number of hydrogen-bond acceptors (Lipinski definition) is 8. The van der Waals surface area contributed by atoms with E-state index < -0.39 is 26.0 Å². The lowest BCUT2D eigenvalue weighted by Gasteiger charge is -2.28. The van der Waals surface area contributed by atoms with Crippen LogP contribution in [0.3, 0.4) is 0 Å². The summed E-state index contributed by atoms with van der Waals surface area (Å²) in [5.74, 6) is -0.418. The molecule has 0 aromatic rings. The predicted octanol–water partition coefficient (Wildman–Crippen LogP) is 10.8. The fourth-order valence-corrected chi connectivity index (χ4v) is 6.12. The van der Waals surface area contributed by atoms with Gasteiger partial charge in [-0.1, -0.05) is 133 Å². The summed E-state index contributed by atoms with van der Waals surface area (Å²) in [5, 5.41) is 10.1. The number of likely N-dealkylation sites (N-methyl/N-ethyl adjacent to an activating group) is 1. The van der Waals surface area contributed by atoms with Gasteiger partial charge < -0.3 is 33.0 Å². The average Bonchev–Trinajstić information content (AvgIpc) is 3.11. The van der Waals surface area contributed by atoms with E-state index in [0.29, 0.717) is 23.9 Å². The highest BCUT2D eigenvalue weighted by Crippen LogP contribution is 2.38. The number of rotatable bonds is 38. The first-order valence-electron chi connectivity index (χ1n) is 21.2. The highest BCUT2D eigenvalue weighted by molar-refractivity contribution is 7.45. The first kappa shape index (κ1) is 52.0. The van der Waals surface area contributed by atoms with E-state index in [4.69, 9.17) is 18.5 Å². The molecule has 0 heterocycles. The van der Waals surface area contributed by atoms with Gasteiger partial charge in [-0.3, -0.25) is 9.36 Å². The van der Waals surface area contributed by atoms with Crippen LogP contribution < -0.4 is 4.89 Å². The fraction of sp³-hybridized carbons (Fsp3) is 0.750. The van der Waals surface area contributed by atoms with Crippen molar-refractivity contribution in [1.82, 2.24) is 0 Å². The van der Waals surface area contributed by atoms with Gasteiger partial charge in [0.2, 0.25) is 0 Å². The van der Waals surface area contributed by atoms with Crippen molar-refractivity contribution in [2.45, 2.75) is 167 Å². The maximum absolute atomic E-state index is 12.6. The molecule has 314 valence electrons. The summed E-state index contributed by atoms with van der Waals surface area (Å²) < 4.78 is 34.2. The summed E-state index contributed by atoms with van der Waals surface area (Å²) in [6, 6.07) is 0. The van der Waals surface area contributed by atoms with Gasteiger partial charge >= 0.3 is 5.97 Å². The lowest BCUT2D eigenvalue weighted by atomic mass is 10.1. The molecule has 0 radical (unpaired) electrons. The zero-order chi connectivity index (χ0) is 40.0. The molecule has 2 unspecified atom stereocenters. The molecule has 0 aromatic carbocycles. The van der Waals surface area contributed by atoms with Gasteiger partial charge in [0, 0.05) is 6.42 Å². The molecule has 0 aromatic heterocycles. The molecule has 0 rings (SSSR count). The summed E-state index contributed by atoms with van der Waals surface area (Å²) in [6.07, 6.45) is 42.0. The van der Waals surface area contributed by atoms with Crippen molar-refractivity contribution in [2.24, 2.45) is 0 Å². The van der Waals surface area contributed by atoms with Crippen LogP contribution in [0.25, 0.3) is 0 Å². The number of phosphoric ester groups is 1. The van der Waals surface area contributed by atoms with Crippen LogP contribution in [0.4, 0.5) is 0 Å². The van der Waals surface area contributed by atoms with Gasteiger partial charge in [-0.05, 0) is 70.3 Å². The van der Waals surface area contributed by atoms with Crippen molar-refractivity contribution >= 4 is 13.8 Å². The minimum Gasteiger partial charge on any atom is -0.756 e. The van der Waals surface area contributed by atoms with Crippen molar-refractivity contribution in [3.8, 4) is 0 Å². The number of aliphatic hydroxyl groups is 1. The van der Waals surface area contributed by atoms with Crippen molar-refractivity contribution in [3.63, 3.8) is 0 Å². The van der Waals surface area contributed by atoms with Crippen molar-refractivity contribution in [1.29, 1.82) is 0 Å². The molecule has 0 aliphatic carbocycles. The molecule has 0 spiro atoms. The number of ether oxygens (including phenoxy) is 2. The quantitative estimate of drug-likeness (QED) is 0.0125. The van der Waals surface area contributed by atoms with Gasteiger partial charge in [0.25, 0.3) is 7.82 Å². The number of carbonyl (C=O) groups excluding carboxylic acids is 1. The van der Waals surface area contributed by atoms with Crippen LogP contribution in [0.15, 0.2) is 60.9 Å². The third kappa shape index (κ3) is 39.7. The first-order chi connectivity index (χ1) is 26.0. The lowest BCUT2D eigenvalue weighted by molar-refractivity contribution is -0.870. The van der Waals surface area contributed by atoms with Crippen LogP contribution in [-0.4, -0.2) is 75.3 Å². The Bertz CT molecular complexity index is 1070. The van der Waals surface area contributed by atoms with E-state index >= 15 is 0 Å². The second kappa shape index (κ2) is 36.6. The Labute approximate surface area is 331 Å². The van der Waals surface area contributed by atoms with E-state index in [1.807, 2.05) is 45.4 Å². The monoisotopic (exact) mass is 782 g/mol. The van der Waals surface area contributed by atoms with Gasteiger partial charge in [-0.2, -0.15) is 0 Å². The second-order valence-corrected chi connectivity index (χ2v) is 16.6. The van der Waals surface area contributed by atoms with Gasteiger partial charge in [-0.25, -0.2) is 0 Å². The van der Waals surface area contributed by atoms with E-state index in [0.717, 1.165) is 64.2 Å². The Kier molecular flexibility index (Phi) is 35.3. The molecule has 0 aliphatic heterocycles. The Morgan fingerprint density at radius 3 is 1.98 bits per heavy atom. The van der Waals surface area contributed by atoms with E-state index in [1.54, 1.807) is 6.26 Å². The zero-order valence-corrected chi connectivity index (χ0v) is 35.9. The van der Waals surface area contributed by atoms with Crippen LogP contribution in [0.1, 0.15) is 155 Å². The van der Waals surface area contributed by atoms with E-state index in [-0.39, 0.29) is 26.2 Å². The standard InChI is InChI=1S/C44H80NO8P/c1-6-8-10-12-14-15-16-17-18-19-20-21-22-24-29-33-38-50-40-43(41-52-54(48,49)51-39-37-45(3,4)5)53-44(47)36-32-28-25-27-31-35-42(46)34-30-26-23-13-11-9-7-2/h9,11,17-18,23,26,30,33-34,38,42-43,46H,6-8,10,12-16,19-22,24-25,27-29,31-32,35-37,39-41H2,1-5H3/b11-9+,18-17-,26-23+,34-30+,38-33+/t42?,43-/m1/s1. The molecule has 0 aliphatic rings. The Balaban J connectivity index is 4.43. The number of nitrogens with zero attached hydrogens (tertiary/aromatic N) is 1. The Morgan fingerprint density at radius 1 is 0.722 bits per heavy atom. The summed E-state index contributed by atoms with van der Waals surface area (Å²) in [7, 11) is 1.25. The van der Waals surface area contributed by atoms with Gasteiger partial charge in [0.15, 0.2) is 6.10 Å². The van der Waals surface area contributed by atoms with Gasteiger partial charge in [0.1, 0.15) is 19.8 Å². The van der Waals surface area contributed by atoms with Crippen LogP contribution >= 0.6 is 7.82 Å².